The topological polar surface area (TPSA) is 47.0 Å². The molecule has 3 aromatic rings. The van der Waals surface area contributed by atoms with Gasteiger partial charge in [0.2, 0.25) is 0 Å². The highest BCUT2D eigenvalue weighted by molar-refractivity contribution is 7.09. The maximum absolute atomic E-state index is 5.40. The summed E-state index contributed by atoms with van der Waals surface area (Å²) in [5.74, 6) is 2.10. The van der Waals surface area contributed by atoms with Gasteiger partial charge in [-0.2, -0.15) is 0 Å². The average molecular weight is 299 g/mol. The lowest BCUT2D eigenvalue weighted by atomic mass is 10.1. The minimum Gasteiger partial charge on any atom is -0.496 e. The molecule has 2 aromatic heterocycles. The van der Waals surface area contributed by atoms with E-state index in [1.165, 1.54) is 0 Å². The van der Waals surface area contributed by atoms with Gasteiger partial charge in [0.15, 0.2) is 0 Å². The monoisotopic (exact) mass is 299 g/mol. The van der Waals surface area contributed by atoms with E-state index < -0.39 is 0 Å². The Morgan fingerprint density at radius 1 is 1.19 bits per heavy atom. The summed E-state index contributed by atoms with van der Waals surface area (Å²) in [5.41, 5.74) is 0. The van der Waals surface area contributed by atoms with Crippen molar-refractivity contribution in [3.05, 3.63) is 47.0 Å². The molecule has 108 valence electrons. The van der Waals surface area contributed by atoms with E-state index in [1.54, 1.807) is 24.6 Å². The predicted octanol–water partition coefficient (Wildman–Crippen LogP) is 3.92. The molecule has 0 spiro atoms. The van der Waals surface area contributed by atoms with E-state index >= 15 is 0 Å². The van der Waals surface area contributed by atoms with Gasteiger partial charge < -0.3 is 10.1 Å². The second-order valence-electron chi connectivity index (χ2n) is 4.87. The van der Waals surface area contributed by atoms with Crippen LogP contribution in [0.1, 0.15) is 17.8 Å². The number of fused-ring (bicyclic) bond motifs is 1. The van der Waals surface area contributed by atoms with E-state index in [0.29, 0.717) is 5.92 Å². The first-order chi connectivity index (χ1) is 10.3. The third-order valence-electron chi connectivity index (χ3n) is 3.43. The first kappa shape index (κ1) is 13.8. The number of methoxy groups -OCH3 is 1. The molecule has 0 aliphatic carbocycles. The molecule has 0 fully saturated rings. The van der Waals surface area contributed by atoms with Gasteiger partial charge in [0.05, 0.1) is 12.1 Å². The summed E-state index contributed by atoms with van der Waals surface area (Å²) in [6, 6.07) is 7.98. The van der Waals surface area contributed by atoms with Crippen molar-refractivity contribution in [1.29, 1.82) is 0 Å². The van der Waals surface area contributed by atoms with Gasteiger partial charge in [-0.1, -0.05) is 19.1 Å². The highest BCUT2D eigenvalue weighted by Gasteiger charge is 2.10. The zero-order chi connectivity index (χ0) is 14.7. The van der Waals surface area contributed by atoms with Crippen molar-refractivity contribution in [3.63, 3.8) is 0 Å². The molecule has 0 saturated heterocycles. The molecule has 0 aliphatic heterocycles. The summed E-state index contributed by atoms with van der Waals surface area (Å²) in [7, 11) is 1.69. The molecule has 0 saturated carbocycles. The van der Waals surface area contributed by atoms with Crippen LogP contribution in [0.2, 0.25) is 0 Å². The van der Waals surface area contributed by atoms with Gasteiger partial charge in [0.1, 0.15) is 11.6 Å². The van der Waals surface area contributed by atoms with E-state index in [9.17, 15) is 0 Å². The fourth-order valence-electron chi connectivity index (χ4n) is 2.31. The number of nitrogens with zero attached hydrogens (tertiary/aromatic N) is 2. The summed E-state index contributed by atoms with van der Waals surface area (Å²) in [4.78, 5) is 8.81. The van der Waals surface area contributed by atoms with Gasteiger partial charge in [-0.25, -0.2) is 9.97 Å². The van der Waals surface area contributed by atoms with Crippen molar-refractivity contribution in [1.82, 2.24) is 9.97 Å². The molecule has 1 unspecified atom stereocenters. The van der Waals surface area contributed by atoms with E-state index in [1.807, 2.05) is 29.8 Å². The van der Waals surface area contributed by atoms with Crippen LogP contribution in [0, 0.1) is 0 Å². The van der Waals surface area contributed by atoms with Crippen molar-refractivity contribution in [2.45, 2.75) is 12.8 Å². The number of hydrogen-bond acceptors (Lipinski definition) is 5. The van der Waals surface area contributed by atoms with Gasteiger partial charge >= 0.3 is 0 Å². The number of anilines is 1. The van der Waals surface area contributed by atoms with Gasteiger partial charge in [-0.15, -0.1) is 11.3 Å². The van der Waals surface area contributed by atoms with Crippen LogP contribution in [0.4, 0.5) is 5.82 Å². The summed E-state index contributed by atoms with van der Waals surface area (Å²) in [5, 5.41) is 8.71. The molecular formula is C16H17N3OS. The van der Waals surface area contributed by atoms with Crippen LogP contribution in [0.5, 0.6) is 5.75 Å². The normalized spacial score (nSPS) is 12.3. The zero-order valence-electron chi connectivity index (χ0n) is 12.0. The maximum Gasteiger partial charge on any atom is 0.133 e. The summed E-state index contributed by atoms with van der Waals surface area (Å²) in [6.07, 6.45) is 3.65. The minimum absolute atomic E-state index is 0.354. The molecule has 1 N–H and O–H groups in total. The molecule has 21 heavy (non-hydrogen) atoms. The third-order valence-corrected chi connectivity index (χ3v) is 4.44. The van der Waals surface area contributed by atoms with Crippen LogP contribution in [-0.4, -0.2) is 23.6 Å². The molecule has 3 rings (SSSR count). The number of nitrogens with one attached hydrogen (secondary N) is 1. The number of thiazole rings is 1. The molecule has 4 nitrogen and oxygen atoms in total. The Bertz CT molecular complexity index is 727. The van der Waals surface area contributed by atoms with Crippen LogP contribution >= 0.6 is 11.3 Å². The van der Waals surface area contributed by atoms with E-state index in [4.69, 9.17) is 4.74 Å². The Kier molecular flexibility index (Phi) is 4.01. The Hall–Kier alpha value is -2.14. The van der Waals surface area contributed by atoms with Crippen molar-refractivity contribution < 1.29 is 4.74 Å². The number of ether oxygens (including phenoxy) is 1. The van der Waals surface area contributed by atoms with Crippen LogP contribution in [0.25, 0.3) is 10.8 Å². The Labute approximate surface area is 127 Å². The second kappa shape index (κ2) is 6.10. The largest absolute Gasteiger partial charge is 0.496 e. The highest BCUT2D eigenvalue weighted by Crippen LogP contribution is 2.29. The zero-order valence-corrected chi connectivity index (χ0v) is 12.9. The Morgan fingerprint density at radius 3 is 2.86 bits per heavy atom. The van der Waals surface area contributed by atoms with Gasteiger partial charge in [-0.05, 0) is 12.1 Å². The van der Waals surface area contributed by atoms with E-state index in [-0.39, 0.29) is 0 Å². The number of hydrogen-bond donors (Lipinski definition) is 1. The quantitative estimate of drug-likeness (QED) is 0.776. The predicted molar refractivity (Wildman–Crippen MR) is 87.3 cm³/mol. The fourth-order valence-corrected chi connectivity index (χ4v) is 3.01. The summed E-state index contributed by atoms with van der Waals surface area (Å²) in [6.45, 7) is 2.97. The number of pyridine rings is 1. The van der Waals surface area contributed by atoms with Crippen LogP contribution in [0.15, 0.2) is 42.0 Å². The molecule has 0 aliphatic rings. The smallest absolute Gasteiger partial charge is 0.133 e. The molecule has 1 aromatic carbocycles. The average Bonchev–Trinajstić information content (AvgIpc) is 3.06. The molecule has 1 atom stereocenters. The molecule has 2 heterocycles. The van der Waals surface area contributed by atoms with Gasteiger partial charge in [-0.3, -0.25) is 0 Å². The summed E-state index contributed by atoms with van der Waals surface area (Å²) >= 11 is 1.68. The first-order valence-electron chi connectivity index (χ1n) is 6.84. The fraction of sp³-hybridized carbons (Fsp3) is 0.250. The van der Waals surface area contributed by atoms with E-state index in [2.05, 4.69) is 28.3 Å². The maximum atomic E-state index is 5.40. The van der Waals surface area contributed by atoms with Crippen LogP contribution < -0.4 is 10.1 Å². The lowest BCUT2D eigenvalue weighted by Crippen LogP contribution is -2.10. The number of benzene rings is 1. The standard InChI is InChI=1S/C16H17N3OS/c1-11(16-18-8-9-21-16)10-19-15-13-4-3-5-14(20-2)12(13)6-7-17-15/h3-9,11H,10H2,1-2H3,(H,17,19). The Balaban J connectivity index is 1.84. The van der Waals surface area contributed by atoms with E-state index in [0.717, 1.165) is 33.9 Å². The van der Waals surface area contributed by atoms with Gasteiger partial charge in [0.25, 0.3) is 0 Å². The molecule has 0 amide bonds. The third kappa shape index (κ3) is 2.83. The Morgan fingerprint density at radius 2 is 2.10 bits per heavy atom. The minimum atomic E-state index is 0.354. The lowest BCUT2D eigenvalue weighted by Gasteiger charge is -2.13. The number of rotatable bonds is 5. The van der Waals surface area contributed by atoms with Gasteiger partial charge in [0, 0.05) is 41.0 Å². The second-order valence-corrected chi connectivity index (χ2v) is 5.79. The van der Waals surface area contributed by atoms with Crippen molar-refractivity contribution >= 4 is 27.9 Å². The molecule has 0 radical (unpaired) electrons. The summed E-state index contributed by atoms with van der Waals surface area (Å²) < 4.78 is 5.40. The van der Waals surface area contributed by atoms with Crippen molar-refractivity contribution in [2.24, 2.45) is 0 Å². The SMILES string of the molecule is COc1cccc2c(NCC(C)c3nccs3)nccc12. The van der Waals surface area contributed by atoms with Crippen molar-refractivity contribution in [2.75, 3.05) is 19.0 Å². The molecule has 0 bridgehead atoms. The number of aromatic nitrogens is 2. The first-order valence-corrected chi connectivity index (χ1v) is 7.72. The molecular weight excluding hydrogens is 282 g/mol. The highest BCUT2D eigenvalue weighted by atomic mass is 32.1. The van der Waals surface area contributed by atoms with Crippen molar-refractivity contribution in [3.8, 4) is 5.75 Å². The lowest BCUT2D eigenvalue weighted by molar-refractivity contribution is 0.420. The van der Waals surface area contributed by atoms with Crippen LogP contribution in [0.3, 0.4) is 0 Å². The molecule has 5 heteroatoms. The van der Waals surface area contributed by atoms with Crippen LogP contribution in [-0.2, 0) is 0 Å².